The predicted octanol–water partition coefficient (Wildman–Crippen LogP) is 0.254. The van der Waals surface area contributed by atoms with E-state index in [0.717, 1.165) is 12.1 Å². The highest BCUT2D eigenvalue weighted by Gasteiger charge is 2.14. The third-order valence-electron chi connectivity index (χ3n) is 1.81. The Kier molecular flexibility index (Phi) is 4.21. The highest BCUT2D eigenvalue weighted by atomic mass is 16.5. The Morgan fingerprint density at radius 1 is 1.29 bits per heavy atom. The summed E-state index contributed by atoms with van der Waals surface area (Å²) in [6.07, 6.45) is 0. The molecule has 0 aromatic heterocycles. The molecule has 0 radical (unpaired) electrons. The first-order chi connectivity index (χ1) is 8.04. The summed E-state index contributed by atoms with van der Waals surface area (Å²) in [5.41, 5.74) is -0.373. The number of ether oxygens (including phenoxy) is 1. The molecule has 1 rings (SSSR count). The minimum absolute atomic E-state index is 0.0975. The molecule has 17 heavy (non-hydrogen) atoms. The molecule has 0 aliphatic heterocycles. The van der Waals surface area contributed by atoms with Crippen molar-refractivity contribution in [1.82, 2.24) is 0 Å². The molecule has 90 valence electrons. The molecular weight excluding hydrogens is 226 g/mol. The summed E-state index contributed by atoms with van der Waals surface area (Å²) in [6, 6.07) is 4.78. The SMILES string of the molecule is CCOC(=O)C(=O)Nc1ccc(O)c(=O)cc1. The summed E-state index contributed by atoms with van der Waals surface area (Å²) in [6.45, 7) is 1.68. The van der Waals surface area contributed by atoms with E-state index in [-0.39, 0.29) is 12.3 Å². The zero-order valence-electron chi connectivity index (χ0n) is 9.10. The minimum Gasteiger partial charge on any atom is -0.504 e. The molecule has 1 aromatic carbocycles. The van der Waals surface area contributed by atoms with Gasteiger partial charge < -0.3 is 15.2 Å². The maximum Gasteiger partial charge on any atom is 0.397 e. The fraction of sp³-hybridized carbons (Fsp3) is 0.182. The molecule has 0 heterocycles. The predicted molar refractivity (Wildman–Crippen MR) is 59.6 cm³/mol. The van der Waals surface area contributed by atoms with Gasteiger partial charge in [0.15, 0.2) is 5.75 Å². The Hall–Kier alpha value is -2.37. The van der Waals surface area contributed by atoms with Gasteiger partial charge in [0.2, 0.25) is 5.43 Å². The molecule has 6 nitrogen and oxygen atoms in total. The molecule has 0 atom stereocenters. The van der Waals surface area contributed by atoms with Crippen LogP contribution in [0.5, 0.6) is 5.75 Å². The van der Waals surface area contributed by atoms with Crippen molar-refractivity contribution in [3.05, 3.63) is 34.5 Å². The van der Waals surface area contributed by atoms with Gasteiger partial charge in [0.05, 0.1) is 6.61 Å². The van der Waals surface area contributed by atoms with Gasteiger partial charge in [-0.05, 0) is 31.2 Å². The number of amides is 1. The lowest BCUT2D eigenvalue weighted by atomic mass is 10.4. The van der Waals surface area contributed by atoms with Crippen molar-refractivity contribution in [1.29, 1.82) is 0 Å². The number of anilines is 1. The zero-order chi connectivity index (χ0) is 12.8. The smallest absolute Gasteiger partial charge is 0.397 e. The average molecular weight is 237 g/mol. The van der Waals surface area contributed by atoms with Gasteiger partial charge >= 0.3 is 11.9 Å². The lowest BCUT2D eigenvalue weighted by Crippen LogP contribution is -2.24. The maximum absolute atomic E-state index is 11.2. The van der Waals surface area contributed by atoms with E-state index in [1.165, 1.54) is 12.1 Å². The summed E-state index contributed by atoms with van der Waals surface area (Å²) in [4.78, 5) is 33.3. The van der Waals surface area contributed by atoms with Crippen LogP contribution in [0, 0.1) is 0 Å². The summed E-state index contributed by atoms with van der Waals surface area (Å²) < 4.78 is 4.48. The molecule has 0 aliphatic rings. The summed E-state index contributed by atoms with van der Waals surface area (Å²) in [5.74, 6) is -2.39. The standard InChI is InChI=1S/C11H11NO5/c1-2-17-11(16)10(15)12-7-3-5-8(13)9(14)6-4-7/h3-6H,2H2,1H3,(H,12,15)(H,13,14). The lowest BCUT2D eigenvalue weighted by molar-refractivity contribution is -0.152. The van der Waals surface area contributed by atoms with Crippen LogP contribution >= 0.6 is 0 Å². The first-order valence-corrected chi connectivity index (χ1v) is 4.86. The third kappa shape index (κ3) is 3.60. The molecule has 0 fully saturated rings. The van der Waals surface area contributed by atoms with Gasteiger partial charge in [-0.15, -0.1) is 0 Å². The molecule has 1 amide bonds. The number of esters is 1. The van der Waals surface area contributed by atoms with E-state index in [9.17, 15) is 14.4 Å². The van der Waals surface area contributed by atoms with Crippen LogP contribution in [-0.4, -0.2) is 23.6 Å². The Morgan fingerprint density at radius 2 is 1.94 bits per heavy atom. The fourth-order valence-electron chi connectivity index (χ4n) is 1.02. The Labute approximate surface area is 96.8 Å². The number of carbonyl (C=O) groups excluding carboxylic acids is 2. The van der Waals surface area contributed by atoms with Crippen LogP contribution in [0.4, 0.5) is 5.69 Å². The Bertz CT molecular complexity index is 497. The molecule has 0 saturated carbocycles. The van der Waals surface area contributed by atoms with Crippen molar-refractivity contribution >= 4 is 17.6 Å². The van der Waals surface area contributed by atoms with E-state index in [0.29, 0.717) is 0 Å². The molecule has 0 aliphatic carbocycles. The van der Waals surface area contributed by atoms with Gasteiger partial charge in [-0.3, -0.25) is 9.59 Å². The van der Waals surface area contributed by atoms with Crippen LogP contribution in [0.1, 0.15) is 6.92 Å². The van der Waals surface area contributed by atoms with E-state index in [4.69, 9.17) is 5.11 Å². The van der Waals surface area contributed by atoms with Crippen molar-refractivity contribution < 1.29 is 19.4 Å². The molecule has 0 spiro atoms. The van der Waals surface area contributed by atoms with Crippen LogP contribution < -0.4 is 10.7 Å². The third-order valence-corrected chi connectivity index (χ3v) is 1.81. The highest BCUT2D eigenvalue weighted by Crippen LogP contribution is 2.07. The van der Waals surface area contributed by atoms with Crippen LogP contribution in [0.3, 0.4) is 0 Å². The molecule has 2 N–H and O–H groups in total. The number of nitrogens with one attached hydrogen (secondary N) is 1. The molecular formula is C11H11NO5. The second-order valence-corrected chi connectivity index (χ2v) is 3.05. The second-order valence-electron chi connectivity index (χ2n) is 3.05. The van der Waals surface area contributed by atoms with Gasteiger partial charge in [0, 0.05) is 5.69 Å². The monoisotopic (exact) mass is 237 g/mol. The number of hydrogen-bond acceptors (Lipinski definition) is 5. The van der Waals surface area contributed by atoms with Gasteiger partial charge in [0.1, 0.15) is 0 Å². The summed E-state index contributed by atoms with van der Waals surface area (Å²) in [7, 11) is 0. The molecule has 0 saturated heterocycles. The molecule has 0 bridgehead atoms. The minimum atomic E-state index is -1.01. The average Bonchev–Trinajstić information content (AvgIpc) is 2.45. The van der Waals surface area contributed by atoms with Gasteiger partial charge in [-0.2, -0.15) is 0 Å². The maximum atomic E-state index is 11.2. The Balaban J connectivity index is 2.83. The molecule has 6 heteroatoms. The topological polar surface area (TPSA) is 92.7 Å². The van der Waals surface area contributed by atoms with Gasteiger partial charge in [0.25, 0.3) is 0 Å². The van der Waals surface area contributed by atoms with Crippen molar-refractivity contribution in [3.63, 3.8) is 0 Å². The normalized spacial score (nSPS) is 9.47. The van der Waals surface area contributed by atoms with Crippen LogP contribution in [-0.2, 0) is 14.3 Å². The van der Waals surface area contributed by atoms with E-state index < -0.39 is 23.1 Å². The fourth-order valence-corrected chi connectivity index (χ4v) is 1.02. The molecule has 0 unspecified atom stereocenters. The zero-order valence-corrected chi connectivity index (χ0v) is 9.10. The number of hydrogen-bond donors (Lipinski definition) is 2. The first-order valence-electron chi connectivity index (χ1n) is 4.86. The summed E-state index contributed by atoms with van der Waals surface area (Å²) in [5, 5.41) is 11.4. The lowest BCUT2D eigenvalue weighted by Gasteiger charge is -2.02. The van der Waals surface area contributed by atoms with Gasteiger partial charge in [-0.1, -0.05) is 0 Å². The quantitative estimate of drug-likeness (QED) is 0.568. The van der Waals surface area contributed by atoms with Crippen molar-refractivity contribution in [2.75, 3.05) is 11.9 Å². The van der Waals surface area contributed by atoms with E-state index in [1.54, 1.807) is 6.92 Å². The van der Waals surface area contributed by atoms with Crippen molar-refractivity contribution in [2.45, 2.75) is 6.92 Å². The number of rotatable bonds is 2. The van der Waals surface area contributed by atoms with Crippen LogP contribution in [0.25, 0.3) is 0 Å². The van der Waals surface area contributed by atoms with E-state index >= 15 is 0 Å². The number of aromatic hydroxyl groups is 1. The van der Waals surface area contributed by atoms with Crippen molar-refractivity contribution in [2.24, 2.45) is 0 Å². The second kappa shape index (κ2) is 5.64. The molecule has 1 aromatic rings. The number of carbonyl (C=O) groups is 2. The first kappa shape index (κ1) is 12.7. The van der Waals surface area contributed by atoms with E-state index in [2.05, 4.69) is 10.1 Å². The van der Waals surface area contributed by atoms with Crippen LogP contribution in [0.2, 0.25) is 0 Å². The van der Waals surface area contributed by atoms with Crippen molar-refractivity contribution in [3.8, 4) is 5.75 Å². The van der Waals surface area contributed by atoms with E-state index in [1.807, 2.05) is 0 Å². The van der Waals surface area contributed by atoms with Crippen LogP contribution in [0.15, 0.2) is 29.1 Å². The Morgan fingerprint density at radius 3 is 2.59 bits per heavy atom. The highest BCUT2D eigenvalue weighted by molar-refractivity contribution is 6.37. The van der Waals surface area contributed by atoms with Gasteiger partial charge in [-0.25, -0.2) is 4.79 Å². The summed E-state index contributed by atoms with van der Waals surface area (Å²) >= 11 is 0. The largest absolute Gasteiger partial charge is 0.504 e.